The molecule has 1 aromatic heterocycles. The van der Waals surface area contributed by atoms with E-state index in [1.807, 2.05) is 0 Å². The Labute approximate surface area is 152 Å². The SMILES string of the molecule is CC1(C)S[C@@H]2[C@H](NC(=O)Cn3cccc(C#N)c3=O)C(=O)N2[C@H]1C(=O)O. The number of pyridine rings is 1. The molecule has 2 saturated heterocycles. The van der Waals surface area contributed by atoms with Crippen LogP contribution in [0.4, 0.5) is 0 Å². The first kappa shape index (κ1) is 18.0. The molecule has 3 rings (SSSR count). The van der Waals surface area contributed by atoms with E-state index in [2.05, 4.69) is 5.32 Å². The Morgan fingerprint density at radius 3 is 2.73 bits per heavy atom. The zero-order valence-electron chi connectivity index (χ0n) is 14.0. The number of aliphatic carboxylic acids is 1. The van der Waals surface area contributed by atoms with Gasteiger partial charge in [0, 0.05) is 10.9 Å². The molecule has 2 amide bonds. The molecule has 0 unspecified atom stereocenters. The predicted octanol–water partition coefficient (Wildman–Crippen LogP) is -0.648. The van der Waals surface area contributed by atoms with Crippen molar-refractivity contribution in [3.63, 3.8) is 0 Å². The van der Waals surface area contributed by atoms with Crippen molar-refractivity contribution in [2.24, 2.45) is 0 Å². The topological polar surface area (TPSA) is 132 Å². The van der Waals surface area contributed by atoms with E-state index in [1.165, 1.54) is 35.0 Å². The second-order valence-electron chi connectivity index (χ2n) is 6.61. The molecule has 0 aliphatic carbocycles. The van der Waals surface area contributed by atoms with Crippen LogP contribution in [-0.2, 0) is 20.9 Å². The normalized spacial score (nSPS) is 25.8. The molecular formula is C16H16N4O5S. The second kappa shape index (κ2) is 6.17. The van der Waals surface area contributed by atoms with E-state index in [1.54, 1.807) is 19.9 Å². The summed E-state index contributed by atoms with van der Waals surface area (Å²) in [6.07, 6.45) is 1.38. The van der Waals surface area contributed by atoms with Crippen LogP contribution in [0.25, 0.3) is 0 Å². The summed E-state index contributed by atoms with van der Waals surface area (Å²) in [5.74, 6) is -2.09. The molecule has 3 heterocycles. The highest BCUT2D eigenvalue weighted by Crippen LogP contribution is 2.50. The fraction of sp³-hybridized carbons (Fsp3) is 0.438. The average molecular weight is 376 g/mol. The molecule has 0 saturated carbocycles. The molecule has 0 radical (unpaired) electrons. The maximum absolute atomic E-state index is 12.3. The summed E-state index contributed by atoms with van der Waals surface area (Å²) in [4.78, 5) is 49.3. The smallest absolute Gasteiger partial charge is 0.327 e. The van der Waals surface area contributed by atoms with Gasteiger partial charge in [0.1, 0.15) is 35.6 Å². The number of fused-ring (bicyclic) bond motifs is 1. The lowest BCUT2D eigenvalue weighted by molar-refractivity contribution is -0.161. The van der Waals surface area contributed by atoms with Gasteiger partial charge in [-0.1, -0.05) is 0 Å². The third kappa shape index (κ3) is 2.74. The monoisotopic (exact) mass is 376 g/mol. The van der Waals surface area contributed by atoms with Gasteiger partial charge in [0.05, 0.1) is 0 Å². The van der Waals surface area contributed by atoms with Gasteiger partial charge in [-0.15, -0.1) is 11.8 Å². The number of hydrogen-bond acceptors (Lipinski definition) is 6. The van der Waals surface area contributed by atoms with Crippen molar-refractivity contribution in [1.29, 1.82) is 5.26 Å². The fourth-order valence-corrected chi connectivity index (χ4v) is 4.89. The summed E-state index contributed by atoms with van der Waals surface area (Å²) in [6, 6.07) is 2.81. The number of amides is 2. The van der Waals surface area contributed by atoms with Crippen molar-refractivity contribution in [2.75, 3.05) is 0 Å². The molecule has 2 N–H and O–H groups in total. The molecule has 3 atom stereocenters. The second-order valence-corrected chi connectivity index (χ2v) is 8.38. The third-order valence-corrected chi connectivity index (χ3v) is 6.02. The lowest BCUT2D eigenvalue weighted by Crippen LogP contribution is -2.70. The van der Waals surface area contributed by atoms with E-state index < -0.39 is 45.5 Å². The molecule has 26 heavy (non-hydrogen) atoms. The van der Waals surface area contributed by atoms with Crippen molar-refractivity contribution in [1.82, 2.24) is 14.8 Å². The number of nitrogens with one attached hydrogen (secondary N) is 1. The maximum atomic E-state index is 12.3. The minimum atomic E-state index is -1.08. The van der Waals surface area contributed by atoms with Crippen LogP contribution in [0.15, 0.2) is 23.1 Å². The van der Waals surface area contributed by atoms with Crippen LogP contribution in [0.2, 0.25) is 0 Å². The van der Waals surface area contributed by atoms with Gasteiger partial charge >= 0.3 is 5.97 Å². The molecular weight excluding hydrogens is 360 g/mol. The minimum absolute atomic E-state index is 0.0800. The summed E-state index contributed by atoms with van der Waals surface area (Å²) >= 11 is 1.32. The van der Waals surface area contributed by atoms with Crippen LogP contribution < -0.4 is 10.9 Å². The molecule has 2 aliphatic heterocycles. The quantitative estimate of drug-likeness (QED) is 0.667. The molecule has 0 aromatic carbocycles. The predicted molar refractivity (Wildman–Crippen MR) is 91.1 cm³/mol. The fourth-order valence-electron chi connectivity index (χ4n) is 3.27. The Morgan fingerprint density at radius 1 is 1.42 bits per heavy atom. The van der Waals surface area contributed by atoms with Crippen LogP contribution >= 0.6 is 11.8 Å². The number of rotatable bonds is 4. The Balaban J connectivity index is 1.71. The van der Waals surface area contributed by atoms with Crippen molar-refractivity contribution in [3.05, 3.63) is 34.2 Å². The summed E-state index contributed by atoms with van der Waals surface area (Å²) in [7, 11) is 0. The van der Waals surface area contributed by atoms with E-state index in [9.17, 15) is 24.3 Å². The van der Waals surface area contributed by atoms with E-state index >= 15 is 0 Å². The number of β-lactam (4-membered cyclic amide) rings is 1. The zero-order chi connectivity index (χ0) is 19.2. The van der Waals surface area contributed by atoms with Crippen molar-refractivity contribution in [2.45, 2.75) is 42.6 Å². The summed E-state index contributed by atoms with van der Waals surface area (Å²) < 4.78 is 0.407. The van der Waals surface area contributed by atoms with Crippen LogP contribution in [0, 0.1) is 11.3 Å². The van der Waals surface area contributed by atoms with Gasteiger partial charge in [0.25, 0.3) is 5.56 Å². The average Bonchev–Trinajstić information content (AvgIpc) is 2.83. The molecule has 0 bridgehead atoms. The maximum Gasteiger partial charge on any atom is 0.327 e. The van der Waals surface area contributed by atoms with Crippen molar-refractivity contribution >= 4 is 29.5 Å². The van der Waals surface area contributed by atoms with Gasteiger partial charge in [0.15, 0.2) is 0 Å². The van der Waals surface area contributed by atoms with Crippen LogP contribution in [0.3, 0.4) is 0 Å². The van der Waals surface area contributed by atoms with Gasteiger partial charge < -0.3 is 19.9 Å². The number of aromatic nitrogens is 1. The van der Waals surface area contributed by atoms with E-state index in [0.717, 1.165) is 4.57 Å². The number of hydrogen-bond donors (Lipinski definition) is 2. The Kier molecular flexibility index (Phi) is 4.28. The van der Waals surface area contributed by atoms with Crippen molar-refractivity contribution < 1.29 is 19.5 Å². The Morgan fingerprint density at radius 2 is 2.12 bits per heavy atom. The van der Waals surface area contributed by atoms with Gasteiger partial charge in [0.2, 0.25) is 11.8 Å². The largest absolute Gasteiger partial charge is 0.480 e. The molecule has 2 aliphatic rings. The number of carbonyl (C=O) groups excluding carboxylic acids is 2. The molecule has 9 nitrogen and oxygen atoms in total. The molecule has 10 heteroatoms. The lowest BCUT2D eigenvalue weighted by Gasteiger charge is -2.43. The first-order valence-corrected chi connectivity index (χ1v) is 8.67. The number of nitriles is 1. The van der Waals surface area contributed by atoms with E-state index in [-0.39, 0.29) is 12.1 Å². The molecule has 0 spiro atoms. The molecule has 2 fully saturated rings. The number of nitrogens with zero attached hydrogens (tertiary/aromatic N) is 3. The van der Waals surface area contributed by atoms with Crippen LogP contribution in [0.5, 0.6) is 0 Å². The molecule has 136 valence electrons. The zero-order valence-corrected chi connectivity index (χ0v) is 14.8. The summed E-state index contributed by atoms with van der Waals surface area (Å²) in [5, 5.41) is 20.3. The standard InChI is InChI=1S/C16H16N4O5S/c1-16(2)11(15(24)25)20-13(23)10(14(20)26-16)18-9(21)7-19-5-3-4-8(6-17)12(19)22/h3-5,10-11,14H,7H2,1-2H3,(H,18,21)(H,24,25)/t10-,11+,14-/m1/s1. The number of carboxylic acids is 1. The Bertz CT molecular complexity index is 903. The number of thioether (sulfide) groups is 1. The lowest BCUT2D eigenvalue weighted by atomic mass is 9.96. The van der Waals surface area contributed by atoms with Gasteiger partial charge in [-0.3, -0.25) is 14.4 Å². The van der Waals surface area contributed by atoms with Gasteiger partial charge in [-0.05, 0) is 26.0 Å². The number of carbonyl (C=O) groups is 3. The first-order valence-electron chi connectivity index (χ1n) is 7.79. The Hall–Kier alpha value is -2.80. The minimum Gasteiger partial charge on any atom is -0.480 e. The summed E-state index contributed by atoms with van der Waals surface area (Å²) in [5.41, 5.74) is -0.669. The number of carboxylic acid groups (broad SMARTS) is 1. The summed E-state index contributed by atoms with van der Waals surface area (Å²) in [6.45, 7) is 3.16. The highest BCUT2D eigenvalue weighted by atomic mass is 32.2. The van der Waals surface area contributed by atoms with E-state index in [4.69, 9.17) is 5.26 Å². The van der Waals surface area contributed by atoms with Crippen LogP contribution in [0.1, 0.15) is 19.4 Å². The third-order valence-electron chi connectivity index (χ3n) is 4.45. The van der Waals surface area contributed by atoms with E-state index in [0.29, 0.717) is 0 Å². The van der Waals surface area contributed by atoms with Crippen molar-refractivity contribution in [3.8, 4) is 6.07 Å². The highest BCUT2D eigenvalue weighted by Gasteiger charge is 2.64. The van der Waals surface area contributed by atoms with Gasteiger partial charge in [-0.2, -0.15) is 5.26 Å². The first-order chi connectivity index (χ1) is 12.2. The van der Waals surface area contributed by atoms with Gasteiger partial charge in [-0.25, -0.2) is 4.79 Å². The molecule has 1 aromatic rings. The highest BCUT2D eigenvalue weighted by molar-refractivity contribution is 8.01. The van der Waals surface area contributed by atoms with Crippen LogP contribution in [-0.4, -0.2) is 54.6 Å².